The van der Waals surface area contributed by atoms with Gasteiger partial charge >= 0.3 is 5.97 Å². The number of aromatic nitrogens is 2. The van der Waals surface area contributed by atoms with E-state index < -0.39 is 5.97 Å². The number of carbonyl (C=O) groups is 1. The molecule has 0 aromatic carbocycles. The second-order valence-corrected chi connectivity index (χ2v) is 4.38. The van der Waals surface area contributed by atoms with Crippen LogP contribution >= 0.6 is 0 Å². The van der Waals surface area contributed by atoms with E-state index in [1.807, 2.05) is 28.8 Å². The zero-order chi connectivity index (χ0) is 13.4. The van der Waals surface area contributed by atoms with Crippen molar-refractivity contribution in [1.29, 1.82) is 0 Å². The van der Waals surface area contributed by atoms with Gasteiger partial charge in [0.2, 0.25) is 0 Å². The monoisotopic (exact) mass is 258 g/mol. The molecule has 0 unspecified atom stereocenters. The van der Waals surface area contributed by atoms with Crippen LogP contribution in [-0.2, 0) is 16.0 Å². The van der Waals surface area contributed by atoms with Crippen molar-refractivity contribution in [2.24, 2.45) is 0 Å². The maximum Gasteiger partial charge on any atom is 0.343 e. The number of aliphatic hydroxyl groups is 1. The van der Waals surface area contributed by atoms with Crippen molar-refractivity contribution in [3.05, 3.63) is 41.5 Å². The average Bonchev–Trinajstić information content (AvgIpc) is 2.76. The third-order valence-electron chi connectivity index (χ3n) is 3.23. The molecule has 0 atom stereocenters. The molecule has 1 aliphatic carbocycles. The number of nitrogens with zero attached hydrogens (tertiary/aromatic N) is 2. The molecule has 0 fully saturated rings. The van der Waals surface area contributed by atoms with Crippen LogP contribution in [0.1, 0.15) is 24.7 Å². The van der Waals surface area contributed by atoms with Gasteiger partial charge in [-0.1, -0.05) is 6.07 Å². The number of pyridine rings is 1. The number of imidazole rings is 1. The van der Waals surface area contributed by atoms with Crippen molar-refractivity contribution in [2.45, 2.75) is 19.8 Å². The summed E-state index contributed by atoms with van der Waals surface area (Å²) in [5.41, 5.74) is 2.45. The second-order valence-electron chi connectivity index (χ2n) is 4.38. The zero-order valence-corrected chi connectivity index (χ0v) is 10.6. The maximum absolute atomic E-state index is 12.0. The minimum absolute atomic E-state index is 0.0642. The van der Waals surface area contributed by atoms with Gasteiger partial charge in [0.25, 0.3) is 0 Å². The Balaban J connectivity index is 2.19. The molecular formula is C14H14N2O3. The molecule has 5 heteroatoms. The quantitative estimate of drug-likeness (QED) is 0.838. The van der Waals surface area contributed by atoms with Gasteiger partial charge in [-0.05, 0) is 25.5 Å². The van der Waals surface area contributed by atoms with Crippen molar-refractivity contribution in [3.63, 3.8) is 0 Å². The van der Waals surface area contributed by atoms with Crippen molar-refractivity contribution < 1.29 is 14.6 Å². The maximum atomic E-state index is 12.0. The van der Waals surface area contributed by atoms with E-state index in [-0.39, 0.29) is 17.9 Å². The van der Waals surface area contributed by atoms with E-state index in [9.17, 15) is 9.90 Å². The highest BCUT2D eigenvalue weighted by molar-refractivity contribution is 6.17. The summed E-state index contributed by atoms with van der Waals surface area (Å²) in [7, 11) is 0. The molecule has 1 N–H and O–H groups in total. The minimum Gasteiger partial charge on any atom is -0.511 e. The van der Waals surface area contributed by atoms with E-state index in [0.717, 1.165) is 11.3 Å². The zero-order valence-electron chi connectivity index (χ0n) is 10.6. The minimum atomic E-state index is -0.510. The van der Waals surface area contributed by atoms with Gasteiger partial charge in [0.1, 0.15) is 22.7 Å². The van der Waals surface area contributed by atoms with Gasteiger partial charge in [-0.3, -0.25) is 0 Å². The highest BCUT2D eigenvalue weighted by Gasteiger charge is 2.29. The fourth-order valence-electron chi connectivity index (χ4n) is 2.40. The van der Waals surface area contributed by atoms with Crippen LogP contribution in [0, 0.1) is 0 Å². The topological polar surface area (TPSA) is 63.8 Å². The van der Waals surface area contributed by atoms with E-state index in [0.29, 0.717) is 18.5 Å². The Hall–Kier alpha value is -2.30. The first-order chi connectivity index (χ1) is 9.22. The second kappa shape index (κ2) is 4.42. The van der Waals surface area contributed by atoms with Gasteiger partial charge in [0.05, 0.1) is 12.3 Å². The molecule has 0 aliphatic heterocycles. The number of fused-ring (bicyclic) bond motifs is 3. The number of rotatable bonds is 2. The first kappa shape index (κ1) is 11.8. The molecule has 98 valence electrons. The summed E-state index contributed by atoms with van der Waals surface area (Å²) in [6.07, 6.45) is 3.01. The summed E-state index contributed by atoms with van der Waals surface area (Å²) < 4.78 is 6.94. The van der Waals surface area contributed by atoms with E-state index in [1.54, 1.807) is 6.92 Å². The molecule has 2 aromatic heterocycles. The predicted molar refractivity (Wildman–Crippen MR) is 69.7 cm³/mol. The van der Waals surface area contributed by atoms with Crippen LogP contribution in [0.15, 0.2) is 30.2 Å². The Kier molecular flexibility index (Phi) is 2.74. The fraction of sp³-hybridized carbons (Fsp3) is 0.286. The Morgan fingerprint density at radius 1 is 1.47 bits per heavy atom. The average molecular weight is 258 g/mol. The summed E-state index contributed by atoms with van der Waals surface area (Å²) in [4.78, 5) is 16.4. The smallest absolute Gasteiger partial charge is 0.343 e. The number of hydrogen-bond acceptors (Lipinski definition) is 4. The lowest BCUT2D eigenvalue weighted by Gasteiger charge is -2.15. The third kappa shape index (κ3) is 1.78. The van der Waals surface area contributed by atoms with Crippen LogP contribution in [-0.4, -0.2) is 27.1 Å². The molecule has 0 amide bonds. The number of allylic oxidation sites excluding steroid dienone is 1. The molecule has 3 rings (SSSR count). The number of aliphatic hydroxyl groups excluding tert-OH is 1. The SMILES string of the molecule is CCOC(=O)C1=C(O)CCc2c1nc1ccccn21. The van der Waals surface area contributed by atoms with Crippen molar-refractivity contribution >= 4 is 17.2 Å². The summed E-state index contributed by atoms with van der Waals surface area (Å²) in [5, 5.41) is 9.97. The van der Waals surface area contributed by atoms with E-state index in [4.69, 9.17) is 4.74 Å². The molecule has 19 heavy (non-hydrogen) atoms. The summed E-state index contributed by atoms with van der Waals surface area (Å²) in [5.74, 6) is -0.446. The van der Waals surface area contributed by atoms with Crippen LogP contribution in [0.5, 0.6) is 0 Å². The summed E-state index contributed by atoms with van der Waals surface area (Å²) in [6.45, 7) is 2.02. The number of esters is 1. The van der Waals surface area contributed by atoms with E-state index >= 15 is 0 Å². The third-order valence-corrected chi connectivity index (χ3v) is 3.23. The number of ether oxygens (including phenoxy) is 1. The molecule has 2 heterocycles. The van der Waals surface area contributed by atoms with Gasteiger partial charge < -0.3 is 14.2 Å². The molecule has 1 aliphatic rings. The van der Waals surface area contributed by atoms with E-state index in [2.05, 4.69) is 4.98 Å². The first-order valence-corrected chi connectivity index (χ1v) is 6.28. The Morgan fingerprint density at radius 2 is 2.32 bits per heavy atom. The molecular weight excluding hydrogens is 244 g/mol. The van der Waals surface area contributed by atoms with Crippen LogP contribution in [0.3, 0.4) is 0 Å². The molecule has 2 aromatic rings. The first-order valence-electron chi connectivity index (χ1n) is 6.28. The number of hydrogen-bond donors (Lipinski definition) is 1. The van der Waals surface area contributed by atoms with Crippen LogP contribution in [0.2, 0.25) is 0 Å². The largest absolute Gasteiger partial charge is 0.511 e. The molecule has 0 saturated carbocycles. The normalized spacial score (nSPS) is 14.6. The van der Waals surface area contributed by atoms with E-state index in [1.165, 1.54) is 0 Å². The van der Waals surface area contributed by atoms with Crippen LogP contribution < -0.4 is 0 Å². The van der Waals surface area contributed by atoms with Crippen molar-refractivity contribution in [3.8, 4) is 0 Å². The molecule has 0 saturated heterocycles. The van der Waals surface area contributed by atoms with Gasteiger partial charge in [-0.2, -0.15) is 0 Å². The van der Waals surface area contributed by atoms with Crippen LogP contribution in [0.4, 0.5) is 0 Å². The number of carbonyl (C=O) groups excluding carboxylic acids is 1. The highest BCUT2D eigenvalue weighted by Crippen LogP contribution is 2.31. The summed E-state index contributed by atoms with van der Waals surface area (Å²) >= 11 is 0. The van der Waals surface area contributed by atoms with Crippen molar-refractivity contribution in [1.82, 2.24) is 9.38 Å². The van der Waals surface area contributed by atoms with Gasteiger partial charge in [-0.15, -0.1) is 0 Å². The molecule has 0 spiro atoms. The number of aryl methyl sites for hydroxylation is 1. The molecule has 5 nitrogen and oxygen atoms in total. The Bertz CT molecular complexity index is 685. The highest BCUT2D eigenvalue weighted by atomic mass is 16.5. The Labute approximate surface area is 110 Å². The molecule has 0 bridgehead atoms. The van der Waals surface area contributed by atoms with Crippen LogP contribution in [0.25, 0.3) is 11.2 Å². The van der Waals surface area contributed by atoms with Gasteiger partial charge in [0, 0.05) is 12.6 Å². The lowest BCUT2D eigenvalue weighted by atomic mass is 9.98. The lowest BCUT2D eigenvalue weighted by molar-refractivity contribution is -0.136. The lowest BCUT2D eigenvalue weighted by Crippen LogP contribution is -2.15. The van der Waals surface area contributed by atoms with Crippen molar-refractivity contribution in [2.75, 3.05) is 6.61 Å². The predicted octanol–water partition coefficient (Wildman–Crippen LogP) is 2.11. The van der Waals surface area contributed by atoms with Gasteiger partial charge in [-0.25, -0.2) is 9.78 Å². The Morgan fingerprint density at radius 3 is 3.11 bits per heavy atom. The summed E-state index contributed by atoms with van der Waals surface area (Å²) in [6, 6.07) is 5.68. The standard InChI is InChI=1S/C14H14N2O3/c1-2-19-14(18)12-10(17)7-6-9-13(12)15-11-5-3-4-8-16(9)11/h3-5,8,17H,2,6-7H2,1H3. The molecule has 0 radical (unpaired) electrons. The fourth-order valence-corrected chi connectivity index (χ4v) is 2.40. The van der Waals surface area contributed by atoms with Gasteiger partial charge in [0.15, 0.2) is 0 Å².